The summed E-state index contributed by atoms with van der Waals surface area (Å²) < 4.78 is 0. The number of nitrogens with zero attached hydrogens (tertiary/aromatic N) is 2. The molecule has 1 heterocycles. The summed E-state index contributed by atoms with van der Waals surface area (Å²) >= 11 is 0. The summed E-state index contributed by atoms with van der Waals surface area (Å²) in [6.45, 7) is 0.0826. The molecule has 1 aliphatic rings. The zero-order chi connectivity index (χ0) is 14.6. The highest BCUT2D eigenvalue weighted by atomic mass is 16.4. The number of amides is 2. The summed E-state index contributed by atoms with van der Waals surface area (Å²) in [5, 5.41) is 29.5. The van der Waals surface area contributed by atoms with E-state index < -0.39 is 30.8 Å². The number of rotatable bonds is 5. The molecule has 0 saturated carbocycles. The van der Waals surface area contributed by atoms with Crippen LogP contribution in [0.3, 0.4) is 0 Å². The molecule has 2 amide bonds. The van der Waals surface area contributed by atoms with Crippen molar-refractivity contribution in [2.24, 2.45) is 0 Å². The number of aliphatic carboxylic acids is 1. The van der Waals surface area contributed by atoms with E-state index >= 15 is 0 Å². The van der Waals surface area contributed by atoms with Crippen LogP contribution in [0.4, 0.5) is 4.79 Å². The van der Waals surface area contributed by atoms with Crippen LogP contribution >= 0.6 is 0 Å². The first-order chi connectivity index (χ1) is 8.85. The third-order valence-electron chi connectivity index (χ3n) is 3.01. The van der Waals surface area contributed by atoms with Crippen LogP contribution in [0.25, 0.3) is 0 Å². The monoisotopic (exact) mass is 275 g/mol. The Hall–Kier alpha value is -1.38. The van der Waals surface area contributed by atoms with Gasteiger partial charge in [-0.15, -0.1) is 0 Å². The maximum atomic E-state index is 12.0. The molecular formula is C11H21N3O5. The fourth-order valence-corrected chi connectivity index (χ4v) is 2.15. The van der Waals surface area contributed by atoms with Crippen molar-refractivity contribution in [3.63, 3.8) is 0 Å². The number of aliphatic hydroxyl groups is 2. The predicted octanol–water partition coefficient (Wildman–Crippen LogP) is -1.86. The van der Waals surface area contributed by atoms with Gasteiger partial charge in [0.2, 0.25) is 0 Å². The summed E-state index contributed by atoms with van der Waals surface area (Å²) in [5.74, 6) is -1.29. The number of nitrogens with one attached hydrogen (secondary N) is 1. The number of hydrogen-bond donors (Lipinski definition) is 4. The third-order valence-corrected chi connectivity index (χ3v) is 3.01. The van der Waals surface area contributed by atoms with E-state index in [0.717, 1.165) is 0 Å². The maximum absolute atomic E-state index is 12.0. The molecule has 0 aromatic heterocycles. The van der Waals surface area contributed by atoms with E-state index in [4.69, 9.17) is 10.2 Å². The Morgan fingerprint density at radius 2 is 2.11 bits per heavy atom. The van der Waals surface area contributed by atoms with Gasteiger partial charge in [-0.3, -0.25) is 0 Å². The second-order valence-electron chi connectivity index (χ2n) is 4.98. The van der Waals surface area contributed by atoms with Crippen molar-refractivity contribution >= 4 is 12.0 Å². The lowest BCUT2D eigenvalue weighted by molar-refractivity contribution is -0.140. The number of carboxylic acid groups (broad SMARTS) is 1. The Bertz CT molecular complexity index is 336. The number of carbonyl (C=O) groups is 2. The van der Waals surface area contributed by atoms with Crippen LogP contribution < -0.4 is 5.32 Å². The molecule has 8 nitrogen and oxygen atoms in total. The Labute approximate surface area is 111 Å². The largest absolute Gasteiger partial charge is 0.480 e. The number of likely N-dealkylation sites (N-methyl/N-ethyl adjacent to an activating group) is 1. The van der Waals surface area contributed by atoms with Crippen LogP contribution in [-0.4, -0.2) is 89.1 Å². The lowest BCUT2D eigenvalue weighted by Crippen LogP contribution is -2.52. The topological polar surface area (TPSA) is 113 Å². The molecule has 3 atom stereocenters. The van der Waals surface area contributed by atoms with E-state index in [1.54, 1.807) is 0 Å². The van der Waals surface area contributed by atoms with Gasteiger partial charge in [-0.05, 0) is 20.5 Å². The Balaban J connectivity index is 2.65. The molecule has 0 spiro atoms. The normalized spacial score (nSPS) is 24.6. The maximum Gasteiger partial charge on any atom is 0.328 e. The first kappa shape index (κ1) is 15.7. The molecule has 110 valence electrons. The van der Waals surface area contributed by atoms with Crippen molar-refractivity contribution in [2.75, 3.05) is 33.8 Å². The van der Waals surface area contributed by atoms with Gasteiger partial charge in [-0.2, -0.15) is 0 Å². The van der Waals surface area contributed by atoms with Gasteiger partial charge in [0.1, 0.15) is 0 Å². The SMILES string of the molecule is CN(C)CC1CC(O)CN1C(=O)NC(CO)C(=O)O. The van der Waals surface area contributed by atoms with Crippen molar-refractivity contribution < 1.29 is 24.9 Å². The average Bonchev–Trinajstić information content (AvgIpc) is 2.65. The molecule has 19 heavy (non-hydrogen) atoms. The van der Waals surface area contributed by atoms with Gasteiger partial charge in [-0.25, -0.2) is 9.59 Å². The summed E-state index contributed by atoms with van der Waals surface area (Å²) in [5.41, 5.74) is 0. The number of hydrogen-bond acceptors (Lipinski definition) is 5. The van der Waals surface area contributed by atoms with Gasteiger partial charge in [0.05, 0.1) is 12.7 Å². The third kappa shape index (κ3) is 4.34. The summed E-state index contributed by atoms with van der Waals surface area (Å²) in [6, 6.07) is -2.08. The highest BCUT2D eigenvalue weighted by molar-refractivity contribution is 5.83. The van der Waals surface area contributed by atoms with Crippen molar-refractivity contribution in [3.05, 3.63) is 0 Å². The summed E-state index contributed by atoms with van der Waals surface area (Å²) in [6.07, 6.45) is -0.143. The second kappa shape index (κ2) is 6.69. The van der Waals surface area contributed by atoms with E-state index in [2.05, 4.69) is 5.32 Å². The van der Waals surface area contributed by atoms with E-state index in [0.29, 0.717) is 13.0 Å². The van der Waals surface area contributed by atoms with E-state index in [9.17, 15) is 14.7 Å². The molecule has 1 fully saturated rings. The smallest absolute Gasteiger partial charge is 0.328 e. The molecule has 0 aromatic carbocycles. The average molecular weight is 275 g/mol. The number of likely N-dealkylation sites (tertiary alicyclic amines) is 1. The number of aliphatic hydroxyl groups excluding tert-OH is 2. The van der Waals surface area contributed by atoms with Crippen molar-refractivity contribution in [2.45, 2.75) is 24.6 Å². The Morgan fingerprint density at radius 1 is 1.47 bits per heavy atom. The predicted molar refractivity (Wildman–Crippen MR) is 66.7 cm³/mol. The fraction of sp³-hybridized carbons (Fsp3) is 0.818. The molecule has 0 aromatic rings. The van der Waals surface area contributed by atoms with Gasteiger partial charge in [0, 0.05) is 19.1 Å². The minimum absolute atomic E-state index is 0.168. The van der Waals surface area contributed by atoms with Gasteiger partial charge < -0.3 is 30.4 Å². The first-order valence-electron chi connectivity index (χ1n) is 6.08. The van der Waals surface area contributed by atoms with Gasteiger partial charge >= 0.3 is 12.0 Å². The van der Waals surface area contributed by atoms with Gasteiger partial charge in [0.15, 0.2) is 6.04 Å². The van der Waals surface area contributed by atoms with Crippen LogP contribution in [0.2, 0.25) is 0 Å². The fourth-order valence-electron chi connectivity index (χ4n) is 2.15. The van der Waals surface area contributed by atoms with Crippen LogP contribution in [0.15, 0.2) is 0 Å². The number of carboxylic acids is 1. The molecule has 1 rings (SSSR count). The Morgan fingerprint density at radius 3 is 2.58 bits per heavy atom. The quantitative estimate of drug-likeness (QED) is 0.468. The van der Waals surface area contributed by atoms with Crippen LogP contribution in [0.1, 0.15) is 6.42 Å². The lowest BCUT2D eigenvalue weighted by Gasteiger charge is -2.28. The highest BCUT2D eigenvalue weighted by Gasteiger charge is 2.35. The van der Waals surface area contributed by atoms with Crippen molar-refractivity contribution in [1.82, 2.24) is 15.1 Å². The highest BCUT2D eigenvalue weighted by Crippen LogP contribution is 2.18. The van der Waals surface area contributed by atoms with Crippen LogP contribution in [0, 0.1) is 0 Å². The Kier molecular flexibility index (Phi) is 5.52. The minimum atomic E-state index is -1.33. The molecule has 0 bridgehead atoms. The van der Waals surface area contributed by atoms with Gasteiger partial charge in [0.25, 0.3) is 0 Å². The summed E-state index contributed by atoms with van der Waals surface area (Å²) in [4.78, 5) is 26.0. The van der Waals surface area contributed by atoms with Gasteiger partial charge in [-0.1, -0.05) is 0 Å². The zero-order valence-electron chi connectivity index (χ0n) is 11.1. The molecule has 0 aliphatic carbocycles. The molecular weight excluding hydrogens is 254 g/mol. The molecule has 1 saturated heterocycles. The lowest BCUT2D eigenvalue weighted by atomic mass is 10.2. The van der Waals surface area contributed by atoms with Crippen LogP contribution in [-0.2, 0) is 4.79 Å². The number of β-amino-alcohol motifs (C(OH)–C–C–N with tert-alkyl or cyclic N) is 1. The molecule has 3 unspecified atom stereocenters. The van der Waals surface area contributed by atoms with E-state index in [-0.39, 0.29) is 12.6 Å². The first-order valence-corrected chi connectivity index (χ1v) is 6.08. The molecule has 0 radical (unpaired) electrons. The number of carbonyl (C=O) groups excluding carboxylic acids is 1. The van der Waals surface area contributed by atoms with Crippen molar-refractivity contribution in [1.29, 1.82) is 0 Å². The van der Waals surface area contributed by atoms with Crippen LogP contribution in [0.5, 0.6) is 0 Å². The zero-order valence-corrected chi connectivity index (χ0v) is 11.1. The molecule has 1 aliphatic heterocycles. The molecule has 8 heteroatoms. The second-order valence-corrected chi connectivity index (χ2v) is 4.98. The van der Waals surface area contributed by atoms with E-state index in [1.165, 1.54) is 4.90 Å². The summed E-state index contributed by atoms with van der Waals surface area (Å²) in [7, 11) is 3.71. The van der Waals surface area contributed by atoms with Crippen molar-refractivity contribution in [3.8, 4) is 0 Å². The molecule has 4 N–H and O–H groups in total. The minimum Gasteiger partial charge on any atom is -0.480 e. The number of urea groups is 1. The van der Waals surface area contributed by atoms with E-state index in [1.807, 2.05) is 19.0 Å². The standard InChI is InChI=1S/C11H21N3O5/c1-13(2)4-7-3-8(16)5-14(7)11(19)12-9(6-15)10(17)18/h7-9,15-16H,3-6H2,1-2H3,(H,12,19)(H,17,18).